The van der Waals surface area contributed by atoms with Crippen molar-refractivity contribution in [3.8, 4) is 11.3 Å². The standard InChI is InChI=1S/C24H30N6O3/c1-24(2,3)33-23(32)27-12-5-11-25-21-9-8-18(15-28-21)20-10-13-26-22(30-20)29-19-7-4-6-17(14-19)16-31/h4,6-10,13-15,31H,5,11-12,16H2,1-3H3,(H,25,28)(H,27,32)(H,26,29,30). The fourth-order valence-electron chi connectivity index (χ4n) is 2.92. The molecule has 0 unspecified atom stereocenters. The predicted molar refractivity (Wildman–Crippen MR) is 128 cm³/mol. The molecule has 1 amide bonds. The van der Waals surface area contributed by atoms with Crippen LogP contribution >= 0.6 is 0 Å². The molecular weight excluding hydrogens is 420 g/mol. The molecule has 174 valence electrons. The second kappa shape index (κ2) is 11.2. The summed E-state index contributed by atoms with van der Waals surface area (Å²) in [4.78, 5) is 24.9. The van der Waals surface area contributed by atoms with Crippen LogP contribution in [0.1, 0.15) is 32.8 Å². The summed E-state index contributed by atoms with van der Waals surface area (Å²) in [7, 11) is 0. The molecule has 2 aromatic heterocycles. The van der Waals surface area contributed by atoms with Crippen molar-refractivity contribution in [1.82, 2.24) is 20.3 Å². The van der Waals surface area contributed by atoms with Crippen LogP contribution in [-0.2, 0) is 11.3 Å². The van der Waals surface area contributed by atoms with Gasteiger partial charge in [0.05, 0.1) is 12.3 Å². The number of hydrogen-bond donors (Lipinski definition) is 4. The Morgan fingerprint density at radius 2 is 1.94 bits per heavy atom. The normalized spacial score (nSPS) is 11.0. The molecule has 0 spiro atoms. The van der Waals surface area contributed by atoms with Crippen molar-refractivity contribution in [2.45, 2.75) is 39.4 Å². The lowest BCUT2D eigenvalue weighted by Crippen LogP contribution is -2.33. The summed E-state index contributed by atoms with van der Waals surface area (Å²) < 4.78 is 5.20. The summed E-state index contributed by atoms with van der Waals surface area (Å²) in [5.74, 6) is 1.20. The van der Waals surface area contributed by atoms with E-state index < -0.39 is 11.7 Å². The second-order valence-electron chi connectivity index (χ2n) is 8.39. The predicted octanol–water partition coefficient (Wildman–Crippen LogP) is 4.10. The Labute approximate surface area is 193 Å². The molecule has 9 nitrogen and oxygen atoms in total. The van der Waals surface area contributed by atoms with Crippen molar-refractivity contribution in [3.05, 3.63) is 60.4 Å². The summed E-state index contributed by atoms with van der Waals surface area (Å²) in [6, 6.07) is 13.1. The van der Waals surface area contributed by atoms with E-state index in [4.69, 9.17) is 4.74 Å². The Balaban J connectivity index is 1.49. The van der Waals surface area contributed by atoms with Crippen LogP contribution in [0.15, 0.2) is 54.9 Å². The lowest BCUT2D eigenvalue weighted by atomic mass is 10.2. The van der Waals surface area contributed by atoms with E-state index in [1.807, 2.05) is 63.2 Å². The number of nitrogens with one attached hydrogen (secondary N) is 3. The molecule has 9 heteroatoms. The van der Waals surface area contributed by atoms with Crippen LogP contribution in [0.4, 0.5) is 22.2 Å². The first-order valence-electron chi connectivity index (χ1n) is 10.8. The summed E-state index contributed by atoms with van der Waals surface area (Å²) in [5, 5.41) is 18.4. The zero-order chi connectivity index (χ0) is 23.7. The Morgan fingerprint density at radius 3 is 2.67 bits per heavy atom. The highest BCUT2D eigenvalue weighted by Gasteiger charge is 2.15. The Morgan fingerprint density at radius 1 is 1.09 bits per heavy atom. The van der Waals surface area contributed by atoms with Crippen LogP contribution in [0.2, 0.25) is 0 Å². The SMILES string of the molecule is CC(C)(C)OC(=O)NCCCNc1ccc(-c2ccnc(Nc3cccc(CO)c3)n2)cn1. The third kappa shape index (κ3) is 8.04. The number of pyridine rings is 1. The van der Waals surface area contributed by atoms with Crippen LogP contribution in [0, 0.1) is 0 Å². The van der Waals surface area contributed by atoms with E-state index in [9.17, 15) is 9.90 Å². The van der Waals surface area contributed by atoms with Crippen LogP contribution in [-0.4, -0.2) is 44.8 Å². The summed E-state index contributed by atoms with van der Waals surface area (Å²) >= 11 is 0. The van der Waals surface area contributed by atoms with E-state index in [2.05, 4.69) is 30.9 Å². The molecule has 0 saturated heterocycles. The first kappa shape index (κ1) is 23.9. The molecule has 0 bridgehead atoms. The number of nitrogens with zero attached hydrogens (tertiary/aromatic N) is 3. The number of carbonyl (C=O) groups excluding carboxylic acids is 1. The Kier molecular flexibility index (Phi) is 8.15. The maximum absolute atomic E-state index is 11.6. The van der Waals surface area contributed by atoms with Gasteiger partial charge in [-0.05, 0) is 63.1 Å². The van der Waals surface area contributed by atoms with Crippen molar-refractivity contribution < 1.29 is 14.6 Å². The average molecular weight is 451 g/mol. The molecule has 0 fully saturated rings. The molecule has 3 aromatic rings. The summed E-state index contributed by atoms with van der Waals surface area (Å²) in [6.45, 7) is 6.65. The smallest absolute Gasteiger partial charge is 0.407 e. The lowest BCUT2D eigenvalue weighted by molar-refractivity contribution is 0.0528. The van der Waals surface area contributed by atoms with E-state index in [-0.39, 0.29) is 6.61 Å². The number of carbonyl (C=O) groups is 1. The van der Waals surface area contributed by atoms with Crippen molar-refractivity contribution in [3.63, 3.8) is 0 Å². The van der Waals surface area contributed by atoms with Crippen LogP contribution in [0.25, 0.3) is 11.3 Å². The van der Waals surface area contributed by atoms with E-state index in [1.165, 1.54) is 0 Å². The monoisotopic (exact) mass is 450 g/mol. The molecule has 0 saturated carbocycles. The number of rotatable bonds is 9. The number of ether oxygens (including phenoxy) is 1. The molecule has 4 N–H and O–H groups in total. The number of alkyl carbamates (subject to hydrolysis) is 1. The number of anilines is 3. The minimum atomic E-state index is -0.501. The average Bonchev–Trinajstić information content (AvgIpc) is 2.78. The van der Waals surface area contributed by atoms with Gasteiger partial charge in [-0.1, -0.05) is 12.1 Å². The third-order valence-electron chi connectivity index (χ3n) is 4.41. The van der Waals surface area contributed by atoms with Gasteiger partial charge in [-0.15, -0.1) is 0 Å². The first-order chi connectivity index (χ1) is 15.8. The van der Waals surface area contributed by atoms with Crippen LogP contribution in [0.3, 0.4) is 0 Å². The highest BCUT2D eigenvalue weighted by molar-refractivity contribution is 5.67. The van der Waals surface area contributed by atoms with Crippen molar-refractivity contribution in [2.24, 2.45) is 0 Å². The number of amides is 1. The minimum absolute atomic E-state index is 0.0251. The second-order valence-corrected chi connectivity index (χ2v) is 8.39. The maximum atomic E-state index is 11.6. The van der Waals surface area contributed by atoms with Gasteiger partial charge in [0.25, 0.3) is 0 Å². The highest BCUT2D eigenvalue weighted by atomic mass is 16.6. The highest BCUT2D eigenvalue weighted by Crippen LogP contribution is 2.20. The topological polar surface area (TPSA) is 121 Å². The maximum Gasteiger partial charge on any atom is 0.407 e. The summed E-state index contributed by atoms with van der Waals surface area (Å²) in [5.41, 5.74) is 2.72. The number of hydrogen-bond acceptors (Lipinski definition) is 8. The van der Waals surface area contributed by atoms with E-state index in [0.717, 1.165) is 34.7 Å². The molecule has 0 radical (unpaired) electrons. The van der Waals surface area contributed by atoms with Gasteiger partial charge in [0.1, 0.15) is 11.4 Å². The van der Waals surface area contributed by atoms with Crippen molar-refractivity contribution in [2.75, 3.05) is 23.7 Å². The minimum Gasteiger partial charge on any atom is -0.444 e. The largest absolute Gasteiger partial charge is 0.444 e. The van der Waals surface area contributed by atoms with Gasteiger partial charge in [0.2, 0.25) is 5.95 Å². The van der Waals surface area contributed by atoms with Gasteiger partial charge in [0.15, 0.2) is 0 Å². The van der Waals surface area contributed by atoms with Gasteiger partial charge in [-0.25, -0.2) is 19.7 Å². The zero-order valence-electron chi connectivity index (χ0n) is 19.1. The molecule has 0 aliphatic heterocycles. The van der Waals surface area contributed by atoms with Gasteiger partial charge in [-0.3, -0.25) is 0 Å². The fourth-order valence-corrected chi connectivity index (χ4v) is 2.92. The molecule has 33 heavy (non-hydrogen) atoms. The molecule has 0 atom stereocenters. The van der Waals surface area contributed by atoms with E-state index in [1.54, 1.807) is 12.4 Å². The quantitative estimate of drug-likeness (QED) is 0.360. The van der Waals surface area contributed by atoms with E-state index >= 15 is 0 Å². The number of benzene rings is 1. The van der Waals surface area contributed by atoms with Crippen LogP contribution in [0.5, 0.6) is 0 Å². The zero-order valence-corrected chi connectivity index (χ0v) is 19.1. The van der Waals surface area contributed by atoms with Crippen LogP contribution < -0.4 is 16.0 Å². The number of aliphatic hydroxyl groups is 1. The molecule has 3 rings (SSSR count). The Bertz CT molecular complexity index is 1050. The van der Waals surface area contributed by atoms with E-state index in [0.29, 0.717) is 19.0 Å². The van der Waals surface area contributed by atoms with Crippen molar-refractivity contribution >= 4 is 23.5 Å². The number of aromatic nitrogens is 3. The molecular formula is C24H30N6O3. The molecule has 2 heterocycles. The van der Waals surface area contributed by atoms with Crippen molar-refractivity contribution in [1.29, 1.82) is 0 Å². The number of aliphatic hydroxyl groups excluding tert-OH is 1. The molecule has 0 aliphatic carbocycles. The third-order valence-corrected chi connectivity index (χ3v) is 4.41. The molecule has 0 aliphatic rings. The van der Waals surface area contributed by atoms with Gasteiger partial charge in [-0.2, -0.15) is 0 Å². The van der Waals surface area contributed by atoms with Gasteiger partial charge >= 0.3 is 6.09 Å². The van der Waals surface area contributed by atoms with Gasteiger partial charge in [0, 0.05) is 36.7 Å². The molecule has 1 aromatic carbocycles. The first-order valence-corrected chi connectivity index (χ1v) is 10.8. The fraction of sp³-hybridized carbons (Fsp3) is 0.333. The van der Waals surface area contributed by atoms with Gasteiger partial charge < -0.3 is 25.8 Å². The Hall–Kier alpha value is -3.72. The summed E-state index contributed by atoms with van der Waals surface area (Å²) in [6.07, 6.45) is 3.76. The lowest BCUT2D eigenvalue weighted by Gasteiger charge is -2.19.